The Morgan fingerprint density at radius 2 is 0.509 bits per heavy atom. The van der Waals surface area contributed by atoms with Crippen molar-refractivity contribution in [3.63, 3.8) is 0 Å². The molecule has 0 radical (unpaired) electrons. The lowest BCUT2D eigenvalue weighted by Gasteiger charge is -2.21. The van der Waals surface area contributed by atoms with Crippen molar-refractivity contribution in [3.8, 4) is 0 Å². The average Bonchev–Trinajstić information content (AvgIpc) is 0.905. The van der Waals surface area contributed by atoms with Crippen LogP contribution in [-0.2, 0) is 65.4 Å². The molecule has 6 atom stereocenters. The Bertz CT molecular complexity index is 2240. The molecule has 0 rings (SSSR count). The van der Waals surface area contributed by atoms with Crippen LogP contribution in [0.1, 0.15) is 400 Å². The molecule has 4 N–H and O–H groups in total. The standard InChI is InChI=1S/C82H158N2O20P2S2/c1-5-9-13-17-21-25-29-31-33-35-39-42-46-50-54-58-80(90)98-70-76(104-82(92)60-56-52-48-44-40-36-34-32-30-26-22-18-14-10-6-2)72-102-106(95,96)100-68-74(66-86)84-78(88)62-64-108-107-63-61-77(87)83-73(65-85)67-99-105(93,94)101-71-75(103-81(91)59-55-51-47-43-38-28-24-20-16-12-8-4)69-97-79(89)57-53-49-45-41-37-27-23-19-15-11-7-3/h73-76,85-86H,5-72H2,1-4H3,(H,83,87)(H,84,88)(H,93,94)(H,95,96)/p-2/t73?,74?,75-,76-/m1/s1. The van der Waals surface area contributed by atoms with Gasteiger partial charge in [-0.1, -0.05) is 357 Å². The number of carbonyl (C=O) groups is 4. The minimum Gasteiger partial charge on any atom is -0.862 e. The highest BCUT2D eigenvalue weighted by Gasteiger charge is 2.29. The molecule has 0 aromatic carbocycles. The molecular weight excluding hydrogens is 1460 g/mol. The van der Waals surface area contributed by atoms with Gasteiger partial charge < -0.3 is 49.2 Å². The molecule has 0 aliphatic rings. The average molecular weight is 1620 g/mol. The topological polar surface area (TPSA) is 328 Å². The molecule has 0 amide bonds. The summed E-state index contributed by atoms with van der Waals surface area (Å²) in [6, 6.07) is -2.45. The fraction of sp³-hybridized carbons (Fsp3) is 0.927. The second kappa shape index (κ2) is 78.5. The summed E-state index contributed by atoms with van der Waals surface area (Å²) < 4.78 is 68.9. The summed E-state index contributed by atoms with van der Waals surface area (Å²) in [5.41, 5.74) is 0. The lowest BCUT2D eigenvalue weighted by Crippen LogP contribution is -2.30. The van der Waals surface area contributed by atoms with Crippen molar-refractivity contribution >= 4 is 72.9 Å². The Hall–Kier alpha value is -2.34. The van der Waals surface area contributed by atoms with Crippen LogP contribution in [-0.4, -0.2) is 144 Å². The van der Waals surface area contributed by atoms with Crippen molar-refractivity contribution in [2.45, 2.75) is 424 Å². The van der Waals surface area contributed by atoms with E-state index < -0.39 is 128 Å². The normalized spacial score (nSPS) is 14.3. The number of esters is 4. The minimum atomic E-state index is -4.88. The first-order chi connectivity index (χ1) is 52.4. The highest BCUT2D eigenvalue weighted by molar-refractivity contribution is 8.76. The number of aliphatic imine (C=N–C) groups is 2. The van der Waals surface area contributed by atoms with E-state index in [-0.39, 0.29) is 50.0 Å². The van der Waals surface area contributed by atoms with Crippen LogP contribution in [0.4, 0.5) is 0 Å². The number of nitrogens with zero attached hydrogens (tertiary/aromatic N) is 2. The van der Waals surface area contributed by atoms with Crippen LogP contribution in [0.25, 0.3) is 0 Å². The number of hydrogen-bond donors (Lipinski definition) is 4. The van der Waals surface area contributed by atoms with Crippen LogP contribution in [0.3, 0.4) is 0 Å². The second-order valence-electron chi connectivity index (χ2n) is 29.5. The minimum absolute atomic E-state index is 0.0924. The summed E-state index contributed by atoms with van der Waals surface area (Å²) in [6.07, 6.45) is 58.1. The Morgan fingerprint density at radius 3 is 0.731 bits per heavy atom. The van der Waals surface area contributed by atoms with Crippen LogP contribution in [0.15, 0.2) is 9.98 Å². The van der Waals surface area contributed by atoms with Crippen LogP contribution < -0.4 is 10.2 Å². The quantitative estimate of drug-likeness (QED) is 0.00836. The first-order valence-electron chi connectivity index (χ1n) is 43.3. The molecule has 0 spiro atoms. The van der Waals surface area contributed by atoms with E-state index in [9.17, 15) is 58.5 Å². The summed E-state index contributed by atoms with van der Waals surface area (Å²) in [6.45, 7) is 4.09. The number of rotatable bonds is 85. The number of aliphatic hydroxyl groups is 2. The molecule has 0 aliphatic heterocycles. The van der Waals surface area contributed by atoms with Crippen LogP contribution in [0.2, 0.25) is 0 Å². The van der Waals surface area contributed by atoms with Gasteiger partial charge in [0.1, 0.15) is 13.2 Å². The van der Waals surface area contributed by atoms with Gasteiger partial charge in [-0.2, -0.15) is 0 Å². The molecule has 108 heavy (non-hydrogen) atoms. The van der Waals surface area contributed by atoms with E-state index in [0.29, 0.717) is 25.7 Å². The molecule has 4 unspecified atom stereocenters. The van der Waals surface area contributed by atoms with Gasteiger partial charge in [0.05, 0.1) is 51.7 Å². The lowest BCUT2D eigenvalue weighted by atomic mass is 10.0. The fourth-order valence-corrected chi connectivity index (χ4v) is 15.9. The highest BCUT2D eigenvalue weighted by Crippen LogP contribution is 2.44. The number of phosphoric ester groups is 2. The largest absolute Gasteiger partial charge is 0.862 e. The van der Waals surface area contributed by atoms with E-state index in [0.717, 1.165) is 89.9 Å². The molecule has 0 bridgehead atoms. The highest BCUT2D eigenvalue weighted by atomic mass is 33.1. The zero-order chi connectivity index (χ0) is 79.3. The number of ether oxygens (including phenoxy) is 4. The maximum atomic E-state index is 13.1. The van der Waals surface area contributed by atoms with Gasteiger partial charge in [0.2, 0.25) is 0 Å². The van der Waals surface area contributed by atoms with Gasteiger partial charge in [0.25, 0.3) is 0 Å². The molecule has 0 heterocycles. The fourth-order valence-electron chi connectivity index (χ4n) is 12.3. The molecule has 26 heteroatoms. The number of aliphatic hydroxyl groups excluding tert-OH is 2. The summed E-state index contributed by atoms with van der Waals surface area (Å²) in [7, 11) is -7.25. The summed E-state index contributed by atoms with van der Waals surface area (Å²) in [4.78, 5) is 80.6. The number of unbranched alkanes of at least 4 members (excludes halogenated alkanes) is 48. The van der Waals surface area contributed by atoms with Gasteiger partial charge in [0.15, 0.2) is 12.2 Å². The molecule has 638 valence electrons. The van der Waals surface area contributed by atoms with Gasteiger partial charge in [-0.15, -0.1) is 0 Å². The number of hydrogen-bond acceptors (Lipinski definition) is 22. The first kappa shape index (κ1) is 106. The molecule has 0 fully saturated rings. The van der Waals surface area contributed by atoms with E-state index in [1.54, 1.807) is 0 Å². The smallest absolute Gasteiger partial charge is 0.472 e. The molecule has 0 aromatic rings. The van der Waals surface area contributed by atoms with E-state index in [1.165, 1.54) is 240 Å². The Kier molecular flexibility index (Phi) is 76.8. The van der Waals surface area contributed by atoms with Crippen molar-refractivity contribution in [3.05, 3.63) is 0 Å². The van der Waals surface area contributed by atoms with Crippen molar-refractivity contribution in [1.29, 1.82) is 0 Å². The molecule has 0 aliphatic carbocycles. The zero-order valence-corrected chi connectivity index (χ0v) is 71.7. The van der Waals surface area contributed by atoms with E-state index in [1.807, 2.05) is 0 Å². The summed E-state index contributed by atoms with van der Waals surface area (Å²) >= 11 is 0. The van der Waals surface area contributed by atoms with Crippen LogP contribution >= 0.6 is 37.2 Å². The van der Waals surface area contributed by atoms with Gasteiger partial charge in [-0.3, -0.25) is 47.3 Å². The van der Waals surface area contributed by atoms with Gasteiger partial charge in [-0.25, -0.2) is 9.13 Å². The molecule has 0 saturated heterocycles. The monoisotopic (exact) mass is 1620 g/mol. The van der Waals surface area contributed by atoms with Crippen molar-refractivity contribution in [1.82, 2.24) is 0 Å². The third kappa shape index (κ3) is 75.0. The Morgan fingerprint density at radius 1 is 0.306 bits per heavy atom. The van der Waals surface area contributed by atoms with E-state index >= 15 is 0 Å². The second-order valence-corrected chi connectivity index (χ2v) is 35.2. The molecule has 0 saturated carbocycles. The van der Waals surface area contributed by atoms with Gasteiger partial charge >= 0.3 is 39.5 Å². The summed E-state index contributed by atoms with van der Waals surface area (Å²) in [5, 5.41) is 45.5. The van der Waals surface area contributed by atoms with Crippen molar-refractivity contribution in [2.75, 3.05) is 64.4 Å². The van der Waals surface area contributed by atoms with E-state index in [2.05, 4.69) is 37.7 Å². The van der Waals surface area contributed by atoms with Crippen LogP contribution in [0.5, 0.6) is 0 Å². The molecule has 0 aromatic heterocycles. The van der Waals surface area contributed by atoms with Crippen molar-refractivity contribution < 1.29 is 95.6 Å². The maximum absolute atomic E-state index is 13.1. The predicted molar refractivity (Wildman–Crippen MR) is 437 cm³/mol. The van der Waals surface area contributed by atoms with Crippen molar-refractivity contribution in [2.24, 2.45) is 9.98 Å². The number of carbonyl (C=O) groups excluding carboxylic acids is 4. The molecular formula is C82H156N2O20P2S2-2. The van der Waals surface area contributed by atoms with Gasteiger partial charge in [0, 0.05) is 37.2 Å². The SMILES string of the molecule is CCCCCCCCCCCCCCCCCC(=O)OC[C@H](COP(=O)(O)OCC(CO)N=C([O-])CCSSCCC([O-])=NC(CO)COP(=O)(O)OC[C@@H](COC(=O)CCCCCCCCCCCCC)OC(=O)CCCCCCCCCCCCC)OC(=O)CCCCCCCCCCCCCCCCC. The van der Waals surface area contributed by atoms with Gasteiger partial charge in [-0.05, 0) is 50.3 Å². The Labute approximate surface area is 663 Å². The lowest BCUT2D eigenvalue weighted by molar-refractivity contribution is -0.219. The number of phosphoric acid groups is 2. The first-order valence-corrected chi connectivity index (χ1v) is 48.8. The molecule has 22 nitrogen and oxygen atoms in total. The zero-order valence-electron chi connectivity index (χ0n) is 68.3. The summed E-state index contributed by atoms with van der Waals surface area (Å²) in [5.74, 6) is -2.87. The maximum Gasteiger partial charge on any atom is 0.472 e. The third-order valence-corrected chi connectivity index (χ3v) is 23.4. The predicted octanol–water partition coefficient (Wildman–Crippen LogP) is 20.5. The third-order valence-electron chi connectivity index (χ3n) is 19.1. The van der Waals surface area contributed by atoms with E-state index in [4.69, 9.17) is 37.0 Å². The van der Waals surface area contributed by atoms with Crippen LogP contribution in [0, 0.1) is 0 Å². The Balaban J connectivity index is 5.20.